The topological polar surface area (TPSA) is 18.5 Å². The van der Waals surface area contributed by atoms with Crippen LogP contribution in [-0.2, 0) is 8.53 Å². The van der Waals surface area contributed by atoms with Crippen LogP contribution in [0.5, 0.6) is 0 Å². The van der Waals surface area contributed by atoms with Crippen LogP contribution in [0.4, 0.5) is 0 Å². The van der Waals surface area contributed by atoms with E-state index in [0.717, 1.165) is 19.4 Å². The van der Waals surface area contributed by atoms with Crippen molar-refractivity contribution in [2.24, 2.45) is 0 Å². The van der Waals surface area contributed by atoms with E-state index in [2.05, 4.69) is 20.8 Å². The number of hydrogen-bond donors (Lipinski definition) is 0. The molecule has 0 N–H and O–H groups in total. The molecule has 0 radical (unpaired) electrons. The van der Waals surface area contributed by atoms with Crippen molar-refractivity contribution in [2.45, 2.75) is 56.4 Å². The summed E-state index contributed by atoms with van der Waals surface area (Å²) in [4.78, 5) is 0. The van der Waals surface area contributed by atoms with Crippen molar-refractivity contribution in [1.82, 2.24) is 0 Å². The molecule has 0 aromatic carbocycles. The molecule has 1 heterocycles. The third kappa shape index (κ3) is 2.96. The normalized spacial score (nSPS) is 29.3. The molecule has 1 aliphatic rings. The fourth-order valence-electron chi connectivity index (χ4n) is 2.04. The molecule has 0 bridgehead atoms. The Labute approximate surface area is 86.3 Å². The Morgan fingerprint density at radius 1 is 1.38 bits per heavy atom. The number of hydrogen-bond acceptors (Lipinski definition) is 2. The lowest BCUT2D eigenvalue weighted by Crippen LogP contribution is -2.44. The van der Waals surface area contributed by atoms with E-state index in [0.29, 0.717) is 0 Å². The summed E-state index contributed by atoms with van der Waals surface area (Å²) < 4.78 is 11.9. The lowest BCUT2D eigenvalue weighted by Gasteiger charge is -2.39. The first-order valence-electron chi connectivity index (χ1n) is 5.58. The van der Waals surface area contributed by atoms with Crippen molar-refractivity contribution in [2.75, 3.05) is 6.61 Å². The predicted molar refractivity (Wildman–Crippen MR) is 56.0 cm³/mol. The van der Waals surface area contributed by atoms with Crippen LogP contribution in [0.3, 0.4) is 0 Å². The minimum atomic E-state index is -0.905. The minimum Gasteiger partial charge on any atom is -0.475 e. The zero-order chi connectivity index (χ0) is 9.73. The SMILES string of the molecule is CCOC1(CC)CC[CH2][Al]([CH2]C)[O]1. The first kappa shape index (κ1) is 11.5. The van der Waals surface area contributed by atoms with Crippen LogP contribution in [0.25, 0.3) is 0 Å². The maximum Gasteiger partial charge on any atom is 0.462 e. The summed E-state index contributed by atoms with van der Waals surface area (Å²) in [7, 11) is 0. The van der Waals surface area contributed by atoms with Crippen LogP contribution in [0.1, 0.15) is 40.0 Å². The molecule has 2 nitrogen and oxygen atoms in total. The standard InChI is InChI=1S/C8H16O2.C2H5.Al/c1-4-7-8(9,5-2)10-6-3;1-2;/h1,4-7H2,2-3H3;1H2,2H3;/q-1;;+1. The molecule has 3 heteroatoms. The van der Waals surface area contributed by atoms with Crippen molar-refractivity contribution >= 4 is 14.5 Å². The van der Waals surface area contributed by atoms with Gasteiger partial charge < -0.3 is 8.53 Å². The molecule has 76 valence electrons. The van der Waals surface area contributed by atoms with Gasteiger partial charge in [-0.1, -0.05) is 30.8 Å². The highest BCUT2D eigenvalue weighted by molar-refractivity contribution is 6.51. The van der Waals surface area contributed by atoms with Crippen LogP contribution < -0.4 is 0 Å². The quantitative estimate of drug-likeness (QED) is 0.649. The van der Waals surface area contributed by atoms with E-state index >= 15 is 0 Å². The van der Waals surface area contributed by atoms with Gasteiger partial charge in [-0.15, -0.1) is 0 Å². The number of ether oxygens (including phenoxy) is 1. The van der Waals surface area contributed by atoms with Gasteiger partial charge in [-0.05, 0) is 19.8 Å². The molecule has 0 saturated carbocycles. The zero-order valence-electron chi connectivity index (χ0n) is 9.14. The van der Waals surface area contributed by atoms with Gasteiger partial charge in [0.1, 0.15) is 5.79 Å². The summed E-state index contributed by atoms with van der Waals surface area (Å²) in [5, 5.41) is 2.58. The average Bonchev–Trinajstić information content (AvgIpc) is 2.19. The molecule has 0 spiro atoms. The Balaban J connectivity index is 2.53. The molecule has 1 rings (SSSR count). The minimum absolute atomic E-state index is 0.195. The monoisotopic (exact) mass is 200 g/mol. The van der Waals surface area contributed by atoms with E-state index in [4.69, 9.17) is 8.53 Å². The van der Waals surface area contributed by atoms with Gasteiger partial charge in [-0.25, -0.2) is 0 Å². The van der Waals surface area contributed by atoms with Crippen molar-refractivity contribution < 1.29 is 8.53 Å². The first-order valence-corrected chi connectivity index (χ1v) is 7.68. The molecule has 1 fully saturated rings. The highest BCUT2D eigenvalue weighted by atomic mass is 27.2. The van der Waals surface area contributed by atoms with Gasteiger partial charge in [0.05, 0.1) is 0 Å². The third-order valence-corrected chi connectivity index (χ3v) is 5.59. The van der Waals surface area contributed by atoms with Crippen LogP contribution in [-0.4, -0.2) is 26.9 Å². The Kier molecular flexibility index (Phi) is 4.75. The van der Waals surface area contributed by atoms with Gasteiger partial charge in [0.2, 0.25) is 0 Å². The van der Waals surface area contributed by atoms with E-state index in [1.807, 2.05) is 0 Å². The molecular weight excluding hydrogens is 179 g/mol. The first-order chi connectivity index (χ1) is 6.26. The number of rotatable bonds is 4. The zero-order valence-corrected chi connectivity index (χ0v) is 10.3. The van der Waals surface area contributed by atoms with Crippen molar-refractivity contribution in [3.8, 4) is 0 Å². The fraction of sp³-hybridized carbons (Fsp3) is 1.00. The summed E-state index contributed by atoms with van der Waals surface area (Å²) in [5.41, 5.74) is 0. The molecule has 1 saturated heterocycles. The molecule has 0 aliphatic carbocycles. The van der Waals surface area contributed by atoms with Gasteiger partial charge in [0.25, 0.3) is 0 Å². The summed E-state index contributed by atoms with van der Waals surface area (Å²) in [6.45, 7) is 7.24. The van der Waals surface area contributed by atoms with Crippen LogP contribution >= 0.6 is 0 Å². The van der Waals surface area contributed by atoms with Gasteiger partial charge in [0.15, 0.2) is 0 Å². The van der Waals surface area contributed by atoms with Gasteiger partial charge in [-0.3, -0.25) is 0 Å². The Morgan fingerprint density at radius 3 is 2.69 bits per heavy atom. The molecule has 0 aromatic heterocycles. The van der Waals surface area contributed by atoms with Crippen LogP contribution in [0.2, 0.25) is 10.6 Å². The van der Waals surface area contributed by atoms with E-state index < -0.39 is 14.5 Å². The second-order valence-electron chi connectivity index (χ2n) is 3.74. The fourth-order valence-corrected chi connectivity index (χ4v) is 4.35. The maximum atomic E-state index is 6.13. The highest BCUT2D eigenvalue weighted by Gasteiger charge is 2.38. The summed E-state index contributed by atoms with van der Waals surface area (Å²) in [6, 6.07) is 0. The third-order valence-electron chi connectivity index (χ3n) is 2.87. The van der Waals surface area contributed by atoms with E-state index in [1.165, 1.54) is 17.0 Å². The van der Waals surface area contributed by atoms with Crippen LogP contribution in [0, 0.1) is 0 Å². The maximum absolute atomic E-state index is 6.13. The summed E-state index contributed by atoms with van der Waals surface area (Å²) in [5.74, 6) is -0.195. The molecule has 1 aliphatic heterocycles. The predicted octanol–water partition coefficient (Wildman–Crippen LogP) is 2.95. The van der Waals surface area contributed by atoms with Crippen molar-refractivity contribution in [3.05, 3.63) is 0 Å². The Bertz CT molecular complexity index is 148. The largest absolute Gasteiger partial charge is 0.475 e. The smallest absolute Gasteiger partial charge is 0.462 e. The molecule has 13 heavy (non-hydrogen) atoms. The van der Waals surface area contributed by atoms with E-state index in [9.17, 15) is 0 Å². The van der Waals surface area contributed by atoms with Gasteiger partial charge in [0, 0.05) is 6.61 Å². The average molecular weight is 200 g/mol. The lowest BCUT2D eigenvalue weighted by molar-refractivity contribution is -0.196. The van der Waals surface area contributed by atoms with Crippen LogP contribution in [0.15, 0.2) is 0 Å². The molecule has 0 amide bonds. The highest BCUT2D eigenvalue weighted by Crippen LogP contribution is 2.32. The summed E-state index contributed by atoms with van der Waals surface area (Å²) >= 11 is -0.905. The van der Waals surface area contributed by atoms with Crippen molar-refractivity contribution in [3.63, 3.8) is 0 Å². The Hall–Kier alpha value is 0.452. The van der Waals surface area contributed by atoms with E-state index in [1.54, 1.807) is 0 Å². The second-order valence-corrected chi connectivity index (χ2v) is 6.61. The molecule has 1 unspecified atom stereocenters. The van der Waals surface area contributed by atoms with E-state index in [-0.39, 0.29) is 5.79 Å². The van der Waals surface area contributed by atoms with Gasteiger partial charge >= 0.3 is 14.5 Å². The lowest BCUT2D eigenvalue weighted by atomic mass is 10.1. The summed E-state index contributed by atoms with van der Waals surface area (Å²) in [6.07, 6.45) is 3.41. The molecule has 0 aromatic rings. The molecular formula is C10H21AlO2. The molecule has 1 atom stereocenters. The Morgan fingerprint density at radius 2 is 2.15 bits per heavy atom. The van der Waals surface area contributed by atoms with Crippen molar-refractivity contribution in [1.29, 1.82) is 0 Å². The second kappa shape index (κ2) is 5.36. The van der Waals surface area contributed by atoms with Gasteiger partial charge in [-0.2, -0.15) is 0 Å².